The molecule has 0 aliphatic rings. The molecule has 0 radical (unpaired) electrons. The summed E-state index contributed by atoms with van der Waals surface area (Å²) >= 11 is 0. The highest BCUT2D eigenvalue weighted by atomic mass is 16.4. The Hall–Kier alpha value is -2.95. The van der Waals surface area contributed by atoms with Gasteiger partial charge in [0.25, 0.3) is 0 Å². The molecule has 122 valence electrons. The number of aliphatic carboxylic acids is 1. The smallest absolute Gasteiger partial charge is 0.303 e. The van der Waals surface area contributed by atoms with Crippen molar-refractivity contribution >= 4 is 22.6 Å². The number of benzene rings is 2. The summed E-state index contributed by atoms with van der Waals surface area (Å²) in [4.78, 5) is 10.7. The molecule has 24 heavy (non-hydrogen) atoms. The van der Waals surface area contributed by atoms with Crippen LogP contribution in [0.5, 0.6) is 0 Å². The van der Waals surface area contributed by atoms with Gasteiger partial charge < -0.3 is 5.11 Å². The van der Waals surface area contributed by atoms with Gasteiger partial charge in [-0.25, -0.2) is 0 Å². The third-order valence-electron chi connectivity index (χ3n) is 4.01. The molecule has 0 saturated heterocycles. The fourth-order valence-electron chi connectivity index (χ4n) is 2.82. The molecule has 0 unspecified atom stereocenters. The van der Waals surface area contributed by atoms with Crippen LogP contribution in [0.2, 0.25) is 0 Å². The Morgan fingerprint density at radius 3 is 2.42 bits per heavy atom. The topological polar surface area (TPSA) is 80.1 Å². The number of rotatable bonds is 6. The SMILES string of the molecule is Nc1c2ccccc2c(Cc2ccccc2)n[n+]1CCCC(=O)O. The van der Waals surface area contributed by atoms with Gasteiger partial charge in [-0.05, 0) is 18.1 Å². The Balaban J connectivity index is 1.99. The molecule has 5 nitrogen and oxygen atoms in total. The van der Waals surface area contributed by atoms with Crippen LogP contribution in [0, 0.1) is 0 Å². The van der Waals surface area contributed by atoms with Gasteiger partial charge in [0.2, 0.25) is 0 Å². The normalized spacial score (nSPS) is 10.8. The first-order chi connectivity index (χ1) is 11.6. The average Bonchev–Trinajstić information content (AvgIpc) is 2.59. The number of anilines is 1. The molecule has 1 heterocycles. The second-order valence-corrected chi connectivity index (χ2v) is 5.76. The van der Waals surface area contributed by atoms with Crippen LogP contribution in [0.4, 0.5) is 5.82 Å². The number of fused-ring (bicyclic) bond motifs is 1. The Bertz CT molecular complexity index is 863. The van der Waals surface area contributed by atoms with Crippen molar-refractivity contribution in [2.24, 2.45) is 0 Å². The van der Waals surface area contributed by atoms with E-state index >= 15 is 0 Å². The van der Waals surface area contributed by atoms with E-state index in [1.54, 1.807) is 4.68 Å². The maximum Gasteiger partial charge on any atom is 0.303 e. The monoisotopic (exact) mass is 322 g/mol. The number of hydrogen-bond donors (Lipinski definition) is 2. The van der Waals surface area contributed by atoms with E-state index in [9.17, 15) is 4.79 Å². The molecule has 3 rings (SSSR count). The van der Waals surface area contributed by atoms with Crippen LogP contribution in [0.25, 0.3) is 10.8 Å². The van der Waals surface area contributed by atoms with E-state index in [1.807, 2.05) is 42.5 Å². The average molecular weight is 322 g/mol. The molecular formula is C19H20N3O2+. The van der Waals surface area contributed by atoms with E-state index in [2.05, 4.69) is 12.1 Å². The first kappa shape index (κ1) is 15.9. The minimum atomic E-state index is -0.806. The van der Waals surface area contributed by atoms with Gasteiger partial charge in [0, 0.05) is 18.2 Å². The molecule has 0 fully saturated rings. The molecule has 0 saturated carbocycles. The van der Waals surface area contributed by atoms with Crippen molar-refractivity contribution in [3.05, 3.63) is 65.9 Å². The van der Waals surface area contributed by atoms with E-state index in [-0.39, 0.29) is 6.42 Å². The lowest BCUT2D eigenvalue weighted by molar-refractivity contribution is -0.740. The van der Waals surface area contributed by atoms with Crippen LogP contribution in [0.15, 0.2) is 54.6 Å². The Morgan fingerprint density at radius 2 is 1.71 bits per heavy atom. The third kappa shape index (κ3) is 3.51. The van der Waals surface area contributed by atoms with Crippen molar-refractivity contribution in [2.75, 3.05) is 5.73 Å². The van der Waals surface area contributed by atoms with Crippen molar-refractivity contribution < 1.29 is 14.6 Å². The molecule has 2 aromatic carbocycles. The minimum Gasteiger partial charge on any atom is -0.481 e. The lowest BCUT2D eigenvalue weighted by atomic mass is 10.0. The predicted molar refractivity (Wildman–Crippen MR) is 92.5 cm³/mol. The van der Waals surface area contributed by atoms with Crippen LogP contribution in [0.1, 0.15) is 24.1 Å². The van der Waals surface area contributed by atoms with Crippen molar-refractivity contribution in [2.45, 2.75) is 25.8 Å². The maximum absolute atomic E-state index is 10.7. The van der Waals surface area contributed by atoms with Gasteiger partial charge in [-0.3, -0.25) is 10.5 Å². The number of carboxylic acid groups (broad SMARTS) is 1. The van der Waals surface area contributed by atoms with E-state index in [1.165, 1.54) is 5.56 Å². The maximum atomic E-state index is 10.7. The third-order valence-corrected chi connectivity index (χ3v) is 4.01. The summed E-state index contributed by atoms with van der Waals surface area (Å²) < 4.78 is 1.73. The zero-order valence-electron chi connectivity index (χ0n) is 13.4. The number of aryl methyl sites for hydroxylation is 1. The lowest BCUT2D eigenvalue weighted by Crippen LogP contribution is -2.42. The van der Waals surface area contributed by atoms with Crippen molar-refractivity contribution in [1.29, 1.82) is 0 Å². The fraction of sp³-hybridized carbons (Fsp3) is 0.211. The summed E-state index contributed by atoms with van der Waals surface area (Å²) in [6.07, 6.45) is 1.32. The molecule has 1 aromatic heterocycles. The molecule has 0 aliphatic heterocycles. The summed E-state index contributed by atoms with van der Waals surface area (Å²) in [6.45, 7) is 0.491. The first-order valence-corrected chi connectivity index (χ1v) is 7.98. The van der Waals surface area contributed by atoms with Crippen LogP contribution in [-0.4, -0.2) is 16.2 Å². The fourth-order valence-corrected chi connectivity index (χ4v) is 2.82. The molecule has 3 N–H and O–H groups in total. The number of carbonyl (C=O) groups is 1. The quantitative estimate of drug-likeness (QED) is 0.684. The predicted octanol–water partition coefficient (Wildman–Crippen LogP) is 2.56. The second kappa shape index (κ2) is 7.08. The highest BCUT2D eigenvalue weighted by Crippen LogP contribution is 2.22. The van der Waals surface area contributed by atoms with E-state index in [4.69, 9.17) is 15.9 Å². The highest BCUT2D eigenvalue weighted by Gasteiger charge is 2.16. The van der Waals surface area contributed by atoms with Gasteiger partial charge in [0.1, 0.15) is 6.54 Å². The molecular weight excluding hydrogens is 302 g/mol. The van der Waals surface area contributed by atoms with Crippen LogP contribution in [0.3, 0.4) is 0 Å². The number of nitrogens with two attached hydrogens (primary N) is 1. The van der Waals surface area contributed by atoms with Crippen LogP contribution in [-0.2, 0) is 17.8 Å². The van der Waals surface area contributed by atoms with Gasteiger partial charge in [-0.1, -0.05) is 53.6 Å². The number of nitrogens with zero attached hydrogens (tertiary/aromatic N) is 2. The summed E-state index contributed by atoms with van der Waals surface area (Å²) in [5.41, 5.74) is 8.37. The molecule has 3 aromatic rings. The van der Waals surface area contributed by atoms with Gasteiger partial charge in [-0.15, -0.1) is 4.68 Å². The summed E-state index contributed by atoms with van der Waals surface area (Å²) in [7, 11) is 0. The number of aromatic nitrogens is 2. The van der Waals surface area contributed by atoms with Crippen LogP contribution < -0.4 is 10.4 Å². The zero-order chi connectivity index (χ0) is 16.9. The standard InChI is InChI=1S/C19H19N3O2/c20-19-16-10-5-4-9-15(16)17(13-14-7-2-1-3-8-14)21-22(19)12-6-11-18(23)24/h1-5,7-10,20H,6,11-13H2,(H,23,24)/p+1. The summed E-state index contributed by atoms with van der Waals surface area (Å²) in [5.74, 6) is -0.229. The van der Waals surface area contributed by atoms with Crippen molar-refractivity contribution in [3.8, 4) is 0 Å². The Morgan fingerprint density at radius 1 is 1.04 bits per heavy atom. The minimum absolute atomic E-state index is 0.106. The van der Waals surface area contributed by atoms with Crippen molar-refractivity contribution in [3.63, 3.8) is 0 Å². The number of hydrogen-bond acceptors (Lipinski definition) is 3. The van der Waals surface area contributed by atoms with Gasteiger partial charge in [0.05, 0.1) is 11.1 Å². The summed E-state index contributed by atoms with van der Waals surface area (Å²) in [5, 5.41) is 15.5. The summed E-state index contributed by atoms with van der Waals surface area (Å²) in [6, 6.07) is 18.1. The van der Waals surface area contributed by atoms with E-state index in [0.29, 0.717) is 25.2 Å². The highest BCUT2D eigenvalue weighted by molar-refractivity contribution is 5.91. The van der Waals surface area contributed by atoms with Crippen LogP contribution >= 0.6 is 0 Å². The molecule has 0 bridgehead atoms. The van der Waals surface area contributed by atoms with Gasteiger partial charge in [0.15, 0.2) is 0 Å². The van der Waals surface area contributed by atoms with Gasteiger partial charge >= 0.3 is 11.8 Å². The molecule has 0 aliphatic carbocycles. The Kier molecular flexibility index (Phi) is 4.70. The van der Waals surface area contributed by atoms with Crippen molar-refractivity contribution in [1.82, 2.24) is 5.10 Å². The Labute approximate surface area is 140 Å². The molecule has 0 atom stereocenters. The molecule has 0 spiro atoms. The molecule has 5 heteroatoms. The number of carboxylic acids is 1. The van der Waals surface area contributed by atoms with E-state index < -0.39 is 5.97 Å². The lowest BCUT2D eigenvalue weighted by Gasteiger charge is -2.09. The molecule has 0 amide bonds. The first-order valence-electron chi connectivity index (χ1n) is 7.98. The zero-order valence-corrected chi connectivity index (χ0v) is 13.4. The largest absolute Gasteiger partial charge is 0.481 e. The van der Waals surface area contributed by atoms with Gasteiger partial charge in [-0.2, -0.15) is 0 Å². The van der Waals surface area contributed by atoms with E-state index in [0.717, 1.165) is 16.5 Å². The second-order valence-electron chi connectivity index (χ2n) is 5.76. The number of nitrogen functional groups attached to an aromatic ring is 1.